The molecular weight excluding hydrogens is 424 g/mol. The van der Waals surface area contributed by atoms with Crippen LogP contribution in [-0.2, 0) is 5.60 Å². The molecule has 1 aliphatic carbocycles. The molecule has 4 rings (SSSR count). The smallest absolute Gasteiger partial charge is 0.159 e. The summed E-state index contributed by atoms with van der Waals surface area (Å²) in [6, 6.07) is 27.1. The largest absolute Gasteiger partial charge is 0.478 e. The van der Waals surface area contributed by atoms with Crippen molar-refractivity contribution in [3.8, 4) is 35.8 Å². The number of rotatable bonds is 5. The Bertz CT molecular complexity index is 1480. The number of nitriles is 4. The Balaban J connectivity index is 1.68. The predicted molar refractivity (Wildman–Crippen MR) is 123 cm³/mol. The predicted octanol–water partition coefficient (Wildman–Crippen LogP) is 5.37. The van der Waals surface area contributed by atoms with E-state index in [9.17, 15) is 15.8 Å². The Labute approximate surface area is 197 Å². The molecule has 0 N–H and O–H groups in total. The SMILES string of the molecule is N#Cc1ccc(OC2=CC=CC(Oc3ccc(C#N)c(C#N)c3)(c3ccccc3)C2)cc1C#N. The van der Waals surface area contributed by atoms with Crippen LogP contribution in [-0.4, -0.2) is 0 Å². The van der Waals surface area contributed by atoms with Crippen LogP contribution in [0.5, 0.6) is 11.5 Å². The zero-order valence-corrected chi connectivity index (χ0v) is 17.9. The Hall–Kier alpha value is -5.30. The molecule has 0 amide bonds. The minimum Gasteiger partial charge on any atom is -0.478 e. The van der Waals surface area contributed by atoms with Gasteiger partial charge in [-0.15, -0.1) is 0 Å². The van der Waals surface area contributed by atoms with Crippen molar-refractivity contribution in [1.82, 2.24) is 0 Å². The molecule has 1 aliphatic rings. The van der Waals surface area contributed by atoms with Gasteiger partial charge in [0, 0.05) is 0 Å². The van der Waals surface area contributed by atoms with E-state index >= 15 is 0 Å². The molecule has 6 heteroatoms. The number of hydrogen-bond acceptors (Lipinski definition) is 6. The molecule has 0 fully saturated rings. The minimum absolute atomic E-state index is 0.233. The third-order valence-electron chi connectivity index (χ3n) is 5.36. The number of nitrogens with zero attached hydrogens (tertiary/aromatic N) is 4. The Morgan fingerprint density at radius 1 is 0.676 bits per heavy atom. The standard InChI is InChI=1S/C28H16N4O2/c29-16-20-8-10-25(13-22(20)18-31)33-27-7-4-12-28(15-27,24-5-2-1-3-6-24)34-26-11-9-21(17-30)23(14-26)19-32/h1-14H,15H2. The van der Waals surface area contributed by atoms with Crippen LogP contribution in [0.1, 0.15) is 34.2 Å². The number of allylic oxidation sites excluding steroid dienone is 2. The van der Waals surface area contributed by atoms with Gasteiger partial charge in [-0.05, 0) is 54.1 Å². The summed E-state index contributed by atoms with van der Waals surface area (Å²) in [4.78, 5) is 0. The zero-order chi connectivity index (χ0) is 24.0. The molecule has 0 bridgehead atoms. The Morgan fingerprint density at radius 2 is 1.26 bits per heavy atom. The molecule has 1 unspecified atom stereocenters. The molecule has 6 nitrogen and oxygen atoms in total. The molecule has 3 aromatic carbocycles. The topological polar surface area (TPSA) is 114 Å². The maximum Gasteiger partial charge on any atom is 0.159 e. The van der Waals surface area contributed by atoms with Crippen LogP contribution in [0.3, 0.4) is 0 Å². The van der Waals surface area contributed by atoms with Gasteiger partial charge in [0.25, 0.3) is 0 Å². The molecule has 0 aliphatic heterocycles. The molecular formula is C28H16N4O2. The highest BCUT2D eigenvalue weighted by Gasteiger charge is 2.36. The average molecular weight is 440 g/mol. The van der Waals surface area contributed by atoms with Gasteiger partial charge in [0.1, 0.15) is 41.5 Å². The first-order valence-corrected chi connectivity index (χ1v) is 10.3. The first kappa shape index (κ1) is 21.9. The zero-order valence-electron chi connectivity index (χ0n) is 17.9. The Kier molecular flexibility index (Phi) is 6.09. The lowest BCUT2D eigenvalue weighted by molar-refractivity contribution is 0.105. The van der Waals surface area contributed by atoms with Crippen LogP contribution in [0.25, 0.3) is 0 Å². The molecule has 0 aromatic heterocycles. The van der Waals surface area contributed by atoms with Crippen molar-refractivity contribution >= 4 is 0 Å². The van der Waals surface area contributed by atoms with Crippen molar-refractivity contribution in [2.45, 2.75) is 12.0 Å². The lowest BCUT2D eigenvalue weighted by Gasteiger charge is -2.34. The van der Waals surface area contributed by atoms with E-state index in [0.717, 1.165) is 5.56 Å². The summed E-state index contributed by atoms with van der Waals surface area (Å²) in [6.07, 6.45) is 5.89. The van der Waals surface area contributed by atoms with Gasteiger partial charge in [0.2, 0.25) is 0 Å². The van der Waals surface area contributed by atoms with Gasteiger partial charge < -0.3 is 9.47 Å². The summed E-state index contributed by atoms with van der Waals surface area (Å²) < 4.78 is 12.5. The number of hydrogen-bond donors (Lipinski definition) is 0. The van der Waals surface area contributed by atoms with E-state index in [-0.39, 0.29) is 22.3 Å². The van der Waals surface area contributed by atoms with Crippen molar-refractivity contribution < 1.29 is 9.47 Å². The minimum atomic E-state index is -0.934. The van der Waals surface area contributed by atoms with E-state index < -0.39 is 5.60 Å². The quantitative estimate of drug-likeness (QED) is 0.527. The van der Waals surface area contributed by atoms with Crippen molar-refractivity contribution in [3.63, 3.8) is 0 Å². The fraction of sp³-hybridized carbons (Fsp3) is 0.0714. The van der Waals surface area contributed by atoms with Gasteiger partial charge in [0.05, 0.1) is 28.7 Å². The normalized spacial score (nSPS) is 16.2. The maximum atomic E-state index is 9.40. The van der Waals surface area contributed by atoms with Crippen LogP contribution in [0.4, 0.5) is 0 Å². The second-order valence-electron chi connectivity index (χ2n) is 7.49. The molecule has 0 saturated carbocycles. The highest BCUT2D eigenvalue weighted by molar-refractivity contribution is 5.51. The number of benzene rings is 3. The molecule has 0 radical (unpaired) electrons. The van der Waals surface area contributed by atoms with Crippen LogP contribution in [0.15, 0.2) is 90.7 Å². The lowest BCUT2D eigenvalue weighted by Crippen LogP contribution is -2.33. The second kappa shape index (κ2) is 9.46. The summed E-state index contributed by atoms with van der Waals surface area (Å²) in [5, 5.41) is 37.1. The van der Waals surface area contributed by atoms with Gasteiger partial charge in [-0.3, -0.25) is 0 Å². The lowest BCUT2D eigenvalue weighted by atomic mass is 9.86. The summed E-state index contributed by atoms with van der Waals surface area (Å²) >= 11 is 0. The summed E-state index contributed by atoms with van der Waals surface area (Å²) in [7, 11) is 0. The van der Waals surface area contributed by atoms with Gasteiger partial charge in [-0.2, -0.15) is 21.0 Å². The molecule has 34 heavy (non-hydrogen) atoms. The monoisotopic (exact) mass is 440 g/mol. The fourth-order valence-electron chi connectivity index (χ4n) is 3.72. The van der Waals surface area contributed by atoms with Crippen LogP contribution < -0.4 is 9.47 Å². The first-order chi connectivity index (χ1) is 16.6. The van der Waals surface area contributed by atoms with E-state index in [1.54, 1.807) is 30.3 Å². The van der Waals surface area contributed by atoms with E-state index in [4.69, 9.17) is 14.7 Å². The van der Waals surface area contributed by atoms with Crippen LogP contribution in [0.2, 0.25) is 0 Å². The van der Waals surface area contributed by atoms with E-state index in [2.05, 4.69) is 0 Å². The summed E-state index contributed by atoms with van der Waals surface area (Å²) in [5.74, 6) is 1.47. The average Bonchev–Trinajstić information content (AvgIpc) is 2.89. The van der Waals surface area contributed by atoms with Crippen LogP contribution in [0, 0.1) is 45.3 Å². The third-order valence-corrected chi connectivity index (χ3v) is 5.36. The molecule has 160 valence electrons. The molecule has 0 saturated heterocycles. The first-order valence-electron chi connectivity index (χ1n) is 10.3. The fourth-order valence-corrected chi connectivity index (χ4v) is 3.72. The summed E-state index contributed by atoms with van der Waals surface area (Å²) in [5.41, 5.74) is 0.970. The van der Waals surface area contributed by atoms with Crippen molar-refractivity contribution in [2.24, 2.45) is 0 Å². The molecule has 0 heterocycles. The maximum absolute atomic E-state index is 9.40. The van der Waals surface area contributed by atoms with Gasteiger partial charge in [0.15, 0.2) is 5.60 Å². The van der Waals surface area contributed by atoms with Crippen molar-refractivity contribution in [2.75, 3.05) is 0 Å². The van der Waals surface area contributed by atoms with Crippen molar-refractivity contribution in [1.29, 1.82) is 21.0 Å². The highest BCUT2D eigenvalue weighted by atomic mass is 16.5. The summed E-state index contributed by atoms with van der Waals surface area (Å²) in [6.45, 7) is 0. The second-order valence-corrected chi connectivity index (χ2v) is 7.49. The third kappa shape index (κ3) is 4.35. The molecule has 3 aromatic rings. The molecule has 1 atom stereocenters. The van der Waals surface area contributed by atoms with Gasteiger partial charge in [-0.1, -0.05) is 36.4 Å². The van der Waals surface area contributed by atoms with Gasteiger partial charge >= 0.3 is 0 Å². The highest BCUT2D eigenvalue weighted by Crippen LogP contribution is 2.39. The van der Waals surface area contributed by atoms with E-state index in [1.807, 2.05) is 72.8 Å². The van der Waals surface area contributed by atoms with Crippen LogP contribution >= 0.6 is 0 Å². The molecule has 0 spiro atoms. The van der Waals surface area contributed by atoms with Crippen molar-refractivity contribution in [3.05, 3.63) is 119 Å². The van der Waals surface area contributed by atoms with Gasteiger partial charge in [-0.25, -0.2) is 0 Å². The Morgan fingerprint density at radius 3 is 1.88 bits per heavy atom. The van der Waals surface area contributed by atoms with E-state index in [0.29, 0.717) is 23.7 Å². The van der Waals surface area contributed by atoms with E-state index in [1.165, 1.54) is 6.07 Å². The number of ether oxygens (including phenoxy) is 2.